The minimum absolute atomic E-state index is 0.872. The van der Waals surface area contributed by atoms with Crippen LogP contribution in [0.1, 0.15) is 11.1 Å². The number of hydrogen-bond donors (Lipinski definition) is 0. The molecule has 0 aromatic heterocycles. The molecule has 2 aromatic carbocycles. The van der Waals surface area contributed by atoms with E-state index in [-0.39, 0.29) is 0 Å². The van der Waals surface area contributed by atoms with E-state index in [1.165, 1.54) is 14.7 Å². The van der Waals surface area contributed by atoms with E-state index in [4.69, 9.17) is 4.74 Å². The summed E-state index contributed by atoms with van der Waals surface area (Å²) in [5.74, 6) is 1.75. The lowest BCUT2D eigenvalue weighted by Gasteiger charge is -2.08. The van der Waals surface area contributed by atoms with Crippen LogP contribution in [0.2, 0.25) is 0 Å². The van der Waals surface area contributed by atoms with Crippen molar-refractivity contribution in [3.05, 3.63) is 57.2 Å². The zero-order valence-corrected chi connectivity index (χ0v) is 13.2. The minimum Gasteiger partial charge on any atom is -0.457 e. The molecule has 0 aliphatic heterocycles. The SMILES string of the molecule is Cc1cc(Oc2ccc(I)cc2)ccc1CBr. The van der Waals surface area contributed by atoms with E-state index >= 15 is 0 Å². The number of aryl methyl sites for hydroxylation is 1. The molecule has 0 aliphatic rings. The monoisotopic (exact) mass is 402 g/mol. The third-order valence-corrected chi connectivity index (χ3v) is 3.83. The molecule has 1 nitrogen and oxygen atoms in total. The van der Waals surface area contributed by atoms with Gasteiger partial charge in [-0.3, -0.25) is 0 Å². The molecule has 0 atom stereocenters. The van der Waals surface area contributed by atoms with Crippen LogP contribution < -0.4 is 4.74 Å². The van der Waals surface area contributed by atoms with Crippen molar-refractivity contribution in [2.75, 3.05) is 0 Å². The summed E-state index contributed by atoms with van der Waals surface area (Å²) in [6, 6.07) is 14.2. The molecule has 0 N–H and O–H groups in total. The predicted molar refractivity (Wildman–Crippen MR) is 83.0 cm³/mol. The highest BCUT2D eigenvalue weighted by Crippen LogP contribution is 2.25. The molecule has 0 fully saturated rings. The topological polar surface area (TPSA) is 9.23 Å². The molecule has 2 rings (SSSR count). The first-order chi connectivity index (χ1) is 8.19. The van der Waals surface area contributed by atoms with Gasteiger partial charge in [-0.05, 0) is 77.0 Å². The van der Waals surface area contributed by atoms with Crippen LogP contribution >= 0.6 is 38.5 Å². The molecule has 0 radical (unpaired) electrons. The van der Waals surface area contributed by atoms with Crippen LogP contribution in [-0.2, 0) is 5.33 Å². The number of hydrogen-bond acceptors (Lipinski definition) is 1. The Hall–Kier alpha value is -0.550. The van der Waals surface area contributed by atoms with E-state index in [1.807, 2.05) is 30.3 Å². The van der Waals surface area contributed by atoms with Crippen LogP contribution in [0.4, 0.5) is 0 Å². The zero-order chi connectivity index (χ0) is 12.3. The van der Waals surface area contributed by atoms with Gasteiger partial charge in [0.2, 0.25) is 0 Å². The Morgan fingerprint density at radius 3 is 2.29 bits per heavy atom. The van der Waals surface area contributed by atoms with E-state index in [1.54, 1.807) is 0 Å². The fourth-order valence-corrected chi connectivity index (χ4v) is 2.51. The minimum atomic E-state index is 0.872. The van der Waals surface area contributed by atoms with Crippen LogP contribution in [0.5, 0.6) is 11.5 Å². The van der Waals surface area contributed by atoms with E-state index in [9.17, 15) is 0 Å². The molecule has 17 heavy (non-hydrogen) atoms. The van der Waals surface area contributed by atoms with Crippen LogP contribution in [0.25, 0.3) is 0 Å². The van der Waals surface area contributed by atoms with Gasteiger partial charge in [-0.25, -0.2) is 0 Å². The predicted octanol–water partition coefficient (Wildman–Crippen LogP) is 5.29. The molecule has 0 saturated carbocycles. The molecule has 0 spiro atoms. The normalized spacial score (nSPS) is 10.3. The first kappa shape index (κ1) is 12.9. The van der Waals surface area contributed by atoms with Crippen molar-refractivity contribution in [1.29, 1.82) is 0 Å². The molecule has 0 amide bonds. The van der Waals surface area contributed by atoms with Crippen LogP contribution in [0, 0.1) is 10.5 Å². The summed E-state index contributed by atoms with van der Waals surface area (Å²) in [6.07, 6.45) is 0. The summed E-state index contributed by atoms with van der Waals surface area (Å²) in [5.41, 5.74) is 2.53. The fraction of sp³-hybridized carbons (Fsp3) is 0.143. The maximum atomic E-state index is 5.80. The molecule has 88 valence electrons. The summed E-state index contributed by atoms with van der Waals surface area (Å²) in [4.78, 5) is 0. The van der Waals surface area contributed by atoms with Crippen molar-refractivity contribution in [3.8, 4) is 11.5 Å². The Morgan fingerprint density at radius 2 is 1.71 bits per heavy atom. The van der Waals surface area contributed by atoms with Crippen LogP contribution in [0.15, 0.2) is 42.5 Å². The standard InChI is InChI=1S/C14H12BrIO/c1-10-8-14(5-2-11(10)9-15)17-13-6-3-12(16)4-7-13/h2-8H,9H2,1H3. The van der Waals surface area contributed by atoms with Crippen LogP contribution in [-0.4, -0.2) is 0 Å². The molecule has 0 aliphatic carbocycles. The number of benzene rings is 2. The third-order valence-electron chi connectivity index (χ3n) is 2.51. The van der Waals surface area contributed by atoms with Crippen molar-refractivity contribution in [2.24, 2.45) is 0 Å². The van der Waals surface area contributed by atoms with Crippen molar-refractivity contribution in [1.82, 2.24) is 0 Å². The molecule has 0 heterocycles. The molecular weight excluding hydrogens is 391 g/mol. The van der Waals surface area contributed by atoms with E-state index in [0.29, 0.717) is 0 Å². The lowest BCUT2D eigenvalue weighted by molar-refractivity contribution is 0.482. The van der Waals surface area contributed by atoms with Gasteiger partial charge in [-0.15, -0.1) is 0 Å². The van der Waals surface area contributed by atoms with Crippen molar-refractivity contribution in [3.63, 3.8) is 0 Å². The molecule has 0 unspecified atom stereocenters. The van der Waals surface area contributed by atoms with Gasteiger partial charge in [0, 0.05) is 8.90 Å². The smallest absolute Gasteiger partial charge is 0.127 e. The quantitative estimate of drug-likeness (QED) is 0.500. The van der Waals surface area contributed by atoms with Gasteiger partial charge >= 0.3 is 0 Å². The van der Waals surface area contributed by atoms with Crippen molar-refractivity contribution < 1.29 is 4.74 Å². The van der Waals surface area contributed by atoms with Gasteiger partial charge in [-0.1, -0.05) is 22.0 Å². The molecule has 3 heteroatoms. The highest BCUT2D eigenvalue weighted by atomic mass is 127. The van der Waals surface area contributed by atoms with Crippen LogP contribution in [0.3, 0.4) is 0 Å². The van der Waals surface area contributed by atoms with Gasteiger partial charge in [0.25, 0.3) is 0 Å². The largest absolute Gasteiger partial charge is 0.457 e. The fourth-order valence-electron chi connectivity index (χ4n) is 1.52. The Kier molecular flexibility index (Phi) is 4.45. The highest BCUT2D eigenvalue weighted by molar-refractivity contribution is 14.1. The summed E-state index contributed by atoms with van der Waals surface area (Å²) in [7, 11) is 0. The average molecular weight is 403 g/mol. The second-order valence-electron chi connectivity index (χ2n) is 3.78. The number of alkyl halides is 1. The van der Waals surface area contributed by atoms with E-state index in [2.05, 4.69) is 57.6 Å². The van der Waals surface area contributed by atoms with Crippen molar-refractivity contribution in [2.45, 2.75) is 12.3 Å². The number of halogens is 2. The lowest BCUT2D eigenvalue weighted by atomic mass is 10.1. The second-order valence-corrected chi connectivity index (χ2v) is 5.58. The Labute approximate surface area is 123 Å². The van der Waals surface area contributed by atoms with Gasteiger partial charge in [-0.2, -0.15) is 0 Å². The average Bonchev–Trinajstić information content (AvgIpc) is 2.32. The van der Waals surface area contributed by atoms with E-state index in [0.717, 1.165) is 16.8 Å². The number of ether oxygens (including phenoxy) is 1. The third kappa shape index (κ3) is 3.45. The molecule has 0 bridgehead atoms. The van der Waals surface area contributed by atoms with E-state index < -0.39 is 0 Å². The number of rotatable bonds is 3. The second kappa shape index (κ2) is 5.87. The molecular formula is C14H12BrIO. The summed E-state index contributed by atoms with van der Waals surface area (Å²) < 4.78 is 7.00. The molecule has 0 saturated heterocycles. The first-order valence-electron chi connectivity index (χ1n) is 5.28. The first-order valence-corrected chi connectivity index (χ1v) is 7.48. The van der Waals surface area contributed by atoms with Gasteiger partial charge in [0.05, 0.1) is 0 Å². The summed E-state index contributed by atoms with van der Waals surface area (Å²) in [5, 5.41) is 0.878. The van der Waals surface area contributed by atoms with Gasteiger partial charge in [0.1, 0.15) is 11.5 Å². The molecule has 2 aromatic rings. The maximum absolute atomic E-state index is 5.80. The lowest BCUT2D eigenvalue weighted by Crippen LogP contribution is -1.88. The summed E-state index contributed by atoms with van der Waals surface area (Å²) in [6.45, 7) is 2.09. The van der Waals surface area contributed by atoms with Crippen molar-refractivity contribution >= 4 is 38.5 Å². The van der Waals surface area contributed by atoms with Gasteiger partial charge < -0.3 is 4.74 Å². The summed E-state index contributed by atoms with van der Waals surface area (Å²) >= 11 is 5.75. The maximum Gasteiger partial charge on any atom is 0.127 e. The highest BCUT2D eigenvalue weighted by Gasteiger charge is 2.01. The Morgan fingerprint density at radius 1 is 1.06 bits per heavy atom. The zero-order valence-electron chi connectivity index (χ0n) is 9.41. The van der Waals surface area contributed by atoms with Gasteiger partial charge in [0.15, 0.2) is 0 Å². The Bertz CT molecular complexity index is 508. The Balaban J connectivity index is 2.19.